The molecule has 0 aromatic heterocycles. The van der Waals surface area contributed by atoms with E-state index >= 15 is 0 Å². The van der Waals surface area contributed by atoms with Gasteiger partial charge in [0.2, 0.25) is 0 Å². The Hall–Kier alpha value is -0.610. The van der Waals surface area contributed by atoms with E-state index < -0.39 is 12.1 Å². The highest BCUT2D eigenvalue weighted by Crippen LogP contribution is 1.73. The number of carboxylic acids is 1. The molecule has 0 aromatic carbocycles. The molecule has 0 aliphatic heterocycles. The van der Waals surface area contributed by atoms with Gasteiger partial charge in [-0.25, -0.2) is 0 Å². The fourth-order valence-corrected chi connectivity index (χ4v) is 0. The largest absolute Gasteiger partial charge is 0.547 e. The maximum Gasteiger partial charge on any atom is 0.0905 e. The standard InChI is InChI=1S/C4H12N.C3H6O3/c1-5(2,3)4;1-2(4)3(5)6/h1-4H3;2,4H,1H3,(H,5,6)/q+1;/p-1/t;2-/m.0/s1. The molecule has 4 nitrogen and oxygen atoms in total. The van der Waals surface area contributed by atoms with Crippen LogP contribution in [0.15, 0.2) is 0 Å². The van der Waals surface area contributed by atoms with Gasteiger partial charge < -0.3 is 19.5 Å². The summed E-state index contributed by atoms with van der Waals surface area (Å²) < 4.78 is 1.00. The number of aliphatic hydroxyl groups excluding tert-OH is 1. The predicted octanol–water partition coefficient (Wildman–Crippen LogP) is -1.56. The second-order valence-corrected chi connectivity index (χ2v) is 3.68. The van der Waals surface area contributed by atoms with E-state index in [-0.39, 0.29) is 0 Å². The zero-order valence-electron chi connectivity index (χ0n) is 7.79. The molecule has 1 atom stereocenters. The van der Waals surface area contributed by atoms with E-state index in [2.05, 4.69) is 28.2 Å². The van der Waals surface area contributed by atoms with E-state index in [0.717, 1.165) is 11.4 Å². The third-order valence-electron chi connectivity index (χ3n) is 0.341. The first kappa shape index (κ1) is 13.0. The summed E-state index contributed by atoms with van der Waals surface area (Å²) in [6.45, 7) is 1.13. The molecule has 0 bridgehead atoms. The van der Waals surface area contributed by atoms with Crippen molar-refractivity contribution < 1.29 is 19.5 Å². The summed E-state index contributed by atoms with van der Waals surface area (Å²) in [5.41, 5.74) is 0. The molecule has 68 valence electrons. The minimum absolute atomic E-state index is 1.00. The van der Waals surface area contributed by atoms with Crippen LogP contribution in [0, 0.1) is 0 Å². The summed E-state index contributed by atoms with van der Waals surface area (Å²) in [5.74, 6) is -1.44. The van der Waals surface area contributed by atoms with Crippen LogP contribution in [0.4, 0.5) is 0 Å². The van der Waals surface area contributed by atoms with Crippen molar-refractivity contribution in [3.8, 4) is 0 Å². The van der Waals surface area contributed by atoms with E-state index in [9.17, 15) is 9.90 Å². The smallest absolute Gasteiger partial charge is 0.0905 e. The SMILES string of the molecule is C[C@H](O)C(=O)[O-].C[N+](C)(C)C. The van der Waals surface area contributed by atoms with Crippen molar-refractivity contribution >= 4 is 5.97 Å². The Labute approximate surface area is 67.7 Å². The highest BCUT2D eigenvalue weighted by atomic mass is 16.4. The van der Waals surface area contributed by atoms with Gasteiger partial charge in [0.05, 0.1) is 40.3 Å². The molecular weight excluding hydrogens is 146 g/mol. The average molecular weight is 163 g/mol. The Morgan fingerprint density at radius 3 is 1.45 bits per heavy atom. The molecule has 0 fully saturated rings. The Morgan fingerprint density at radius 2 is 1.45 bits per heavy atom. The van der Waals surface area contributed by atoms with E-state index in [0.29, 0.717) is 0 Å². The summed E-state index contributed by atoms with van der Waals surface area (Å²) in [5, 5.41) is 17.3. The molecule has 0 aromatic rings. The molecule has 0 aliphatic rings. The second-order valence-electron chi connectivity index (χ2n) is 3.68. The zero-order valence-corrected chi connectivity index (χ0v) is 7.79. The quantitative estimate of drug-likeness (QED) is 0.476. The average Bonchev–Trinajstić information content (AvgIpc) is 1.59. The van der Waals surface area contributed by atoms with Crippen LogP contribution in [0.3, 0.4) is 0 Å². The lowest BCUT2D eigenvalue weighted by molar-refractivity contribution is -0.849. The van der Waals surface area contributed by atoms with Crippen LogP contribution in [-0.2, 0) is 4.79 Å². The Kier molecular flexibility index (Phi) is 6.03. The van der Waals surface area contributed by atoms with Crippen LogP contribution in [0.25, 0.3) is 0 Å². The van der Waals surface area contributed by atoms with Crippen molar-refractivity contribution in [2.45, 2.75) is 13.0 Å². The summed E-state index contributed by atoms with van der Waals surface area (Å²) >= 11 is 0. The molecule has 0 aliphatic carbocycles. The van der Waals surface area contributed by atoms with Crippen molar-refractivity contribution in [1.82, 2.24) is 0 Å². The second kappa shape index (κ2) is 5.09. The maximum absolute atomic E-state index is 9.34. The number of aliphatic hydroxyl groups is 1. The summed E-state index contributed by atoms with van der Waals surface area (Å²) in [6.07, 6.45) is -1.34. The van der Waals surface area contributed by atoms with Gasteiger partial charge in [-0.2, -0.15) is 0 Å². The number of carbonyl (C=O) groups excluding carboxylic acids is 1. The van der Waals surface area contributed by atoms with Crippen molar-refractivity contribution in [1.29, 1.82) is 0 Å². The molecular formula is C7H17NO3. The van der Waals surface area contributed by atoms with E-state index in [1.54, 1.807) is 0 Å². The number of carbonyl (C=O) groups is 1. The first-order valence-corrected chi connectivity index (χ1v) is 3.32. The number of aliphatic carboxylic acids is 1. The highest BCUT2D eigenvalue weighted by molar-refractivity contribution is 5.68. The monoisotopic (exact) mass is 163 g/mol. The van der Waals surface area contributed by atoms with Crippen LogP contribution in [0.5, 0.6) is 0 Å². The molecule has 11 heavy (non-hydrogen) atoms. The fraction of sp³-hybridized carbons (Fsp3) is 0.857. The molecule has 0 amide bonds. The van der Waals surface area contributed by atoms with Gasteiger partial charge in [-0.15, -0.1) is 0 Å². The molecule has 0 saturated carbocycles. The third kappa shape index (κ3) is 44.6. The van der Waals surface area contributed by atoms with Crippen LogP contribution in [0.2, 0.25) is 0 Å². The zero-order chi connectivity index (χ0) is 9.65. The Morgan fingerprint density at radius 1 is 1.36 bits per heavy atom. The van der Waals surface area contributed by atoms with Crippen LogP contribution in [0.1, 0.15) is 6.92 Å². The summed E-state index contributed by atoms with van der Waals surface area (Å²) in [6, 6.07) is 0. The van der Waals surface area contributed by atoms with Crippen molar-refractivity contribution in [3.05, 3.63) is 0 Å². The first-order valence-electron chi connectivity index (χ1n) is 3.32. The highest BCUT2D eigenvalue weighted by Gasteiger charge is 1.89. The van der Waals surface area contributed by atoms with Gasteiger partial charge in [-0.1, -0.05) is 0 Å². The molecule has 0 unspecified atom stereocenters. The Balaban J connectivity index is 0. The normalized spacial score (nSPS) is 12.9. The van der Waals surface area contributed by atoms with Crippen LogP contribution in [-0.4, -0.2) is 49.9 Å². The molecule has 0 saturated heterocycles. The lowest BCUT2D eigenvalue weighted by Gasteiger charge is -2.14. The number of rotatable bonds is 1. The maximum atomic E-state index is 9.34. The van der Waals surface area contributed by atoms with Gasteiger partial charge >= 0.3 is 0 Å². The lowest BCUT2D eigenvalue weighted by Crippen LogP contribution is -2.32. The van der Waals surface area contributed by atoms with Crippen molar-refractivity contribution in [3.63, 3.8) is 0 Å². The number of quaternary nitrogens is 1. The van der Waals surface area contributed by atoms with E-state index in [1.165, 1.54) is 0 Å². The minimum atomic E-state index is -1.44. The number of hydrogen-bond acceptors (Lipinski definition) is 3. The molecule has 4 heteroatoms. The topological polar surface area (TPSA) is 60.4 Å². The molecule has 1 N–H and O–H groups in total. The number of hydrogen-bond donors (Lipinski definition) is 1. The molecule has 0 heterocycles. The van der Waals surface area contributed by atoms with Crippen LogP contribution < -0.4 is 5.11 Å². The van der Waals surface area contributed by atoms with Gasteiger partial charge in [0.25, 0.3) is 0 Å². The van der Waals surface area contributed by atoms with Gasteiger partial charge in [-0.05, 0) is 6.92 Å². The first-order chi connectivity index (χ1) is 4.64. The minimum Gasteiger partial charge on any atom is -0.547 e. The van der Waals surface area contributed by atoms with E-state index in [1.807, 2.05) is 0 Å². The van der Waals surface area contributed by atoms with Gasteiger partial charge in [-0.3, -0.25) is 0 Å². The van der Waals surface area contributed by atoms with Gasteiger partial charge in [0.1, 0.15) is 0 Å². The summed E-state index contributed by atoms with van der Waals surface area (Å²) in [4.78, 5) is 9.34. The Bertz CT molecular complexity index is 109. The van der Waals surface area contributed by atoms with Crippen LogP contribution >= 0.6 is 0 Å². The third-order valence-corrected chi connectivity index (χ3v) is 0.341. The lowest BCUT2D eigenvalue weighted by atomic mass is 10.4. The number of carboxylic acid groups (broad SMARTS) is 1. The van der Waals surface area contributed by atoms with Crippen molar-refractivity contribution in [2.24, 2.45) is 0 Å². The molecule has 0 rings (SSSR count). The van der Waals surface area contributed by atoms with Crippen molar-refractivity contribution in [2.75, 3.05) is 28.2 Å². The van der Waals surface area contributed by atoms with Gasteiger partial charge in [0, 0.05) is 0 Å². The molecule has 0 radical (unpaired) electrons. The molecule has 0 spiro atoms. The van der Waals surface area contributed by atoms with E-state index in [4.69, 9.17) is 5.11 Å². The number of nitrogens with zero attached hydrogens (tertiary/aromatic N) is 1. The predicted molar refractivity (Wildman–Crippen MR) is 40.6 cm³/mol. The summed E-state index contributed by atoms with van der Waals surface area (Å²) in [7, 11) is 8.50. The fourth-order valence-electron chi connectivity index (χ4n) is 0. The van der Waals surface area contributed by atoms with Gasteiger partial charge in [0.15, 0.2) is 0 Å².